The van der Waals surface area contributed by atoms with Gasteiger partial charge in [-0.05, 0) is 6.07 Å². The SMILES string of the molecule is COC(=O)CN(C)C(=O)COc1cccc([N+](=O)[O-])c1. The molecule has 0 aliphatic carbocycles. The lowest BCUT2D eigenvalue weighted by Crippen LogP contribution is -2.35. The second kappa shape index (κ2) is 7.07. The first-order valence-electron chi connectivity index (χ1n) is 5.62. The quantitative estimate of drug-likeness (QED) is 0.430. The Morgan fingerprint density at radius 1 is 1.40 bits per heavy atom. The van der Waals surface area contributed by atoms with E-state index in [4.69, 9.17) is 4.74 Å². The Kier molecular flexibility index (Phi) is 5.45. The molecule has 0 aliphatic rings. The largest absolute Gasteiger partial charge is 0.484 e. The summed E-state index contributed by atoms with van der Waals surface area (Å²) in [5, 5.41) is 10.6. The van der Waals surface area contributed by atoms with Crippen molar-refractivity contribution in [3.8, 4) is 5.75 Å². The van der Waals surface area contributed by atoms with Crippen molar-refractivity contribution in [2.24, 2.45) is 0 Å². The van der Waals surface area contributed by atoms with Crippen molar-refractivity contribution in [2.45, 2.75) is 0 Å². The third-order valence-corrected chi connectivity index (χ3v) is 2.41. The fourth-order valence-corrected chi connectivity index (χ4v) is 1.29. The highest BCUT2D eigenvalue weighted by molar-refractivity contribution is 5.82. The van der Waals surface area contributed by atoms with Gasteiger partial charge in [-0.3, -0.25) is 19.7 Å². The summed E-state index contributed by atoms with van der Waals surface area (Å²) in [7, 11) is 2.65. The summed E-state index contributed by atoms with van der Waals surface area (Å²) in [6.07, 6.45) is 0. The average Bonchev–Trinajstić information content (AvgIpc) is 2.44. The van der Waals surface area contributed by atoms with Crippen LogP contribution in [0.15, 0.2) is 24.3 Å². The van der Waals surface area contributed by atoms with E-state index in [1.54, 1.807) is 0 Å². The maximum Gasteiger partial charge on any atom is 0.325 e. The van der Waals surface area contributed by atoms with Crippen LogP contribution in [0.2, 0.25) is 0 Å². The molecule has 0 N–H and O–H groups in total. The van der Waals surface area contributed by atoms with E-state index < -0.39 is 16.8 Å². The summed E-state index contributed by atoms with van der Waals surface area (Å²) in [4.78, 5) is 33.8. The molecule has 20 heavy (non-hydrogen) atoms. The minimum Gasteiger partial charge on any atom is -0.484 e. The molecule has 0 radical (unpaired) electrons. The van der Waals surface area contributed by atoms with Gasteiger partial charge in [0, 0.05) is 13.1 Å². The van der Waals surface area contributed by atoms with Gasteiger partial charge in [-0.15, -0.1) is 0 Å². The number of hydrogen-bond donors (Lipinski definition) is 0. The topological polar surface area (TPSA) is 99.0 Å². The van der Waals surface area contributed by atoms with Crippen molar-refractivity contribution in [3.05, 3.63) is 34.4 Å². The number of nitro groups is 1. The molecular formula is C12H14N2O6. The number of ether oxygens (including phenoxy) is 2. The van der Waals surface area contributed by atoms with Crippen molar-refractivity contribution in [1.29, 1.82) is 0 Å². The third kappa shape index (κ3) is 4.56. The number of nitro benzene ring substituents is 1. The zero-order valence-corrected chi connectivity index (χ0v) is 11.1. The smallest absolute Gasteiger partial charge is 0.325 e. The van der Waals surface area contributed by atoms with Gasteiger partial charge in [0.2, 0.25) is 0 Å². The molecule has 0 saturated heterocycles. The number of benzene rings is 1. The predicted octanol–water partition coefficient (Wildman–Crippen LogP) is 0.605. The van der Waals surface area contributed by atoms with E-state index in [1.807, 2.05) is 0 Å². The minimum atomic E-state index is -0.557. The summed E-state index contributed by atoms with van der Waals surface area (Å²) in [6.45, 7) is -0.512. The Balaban J connectivity index is 2.54. The maximum atomic E-state index is 11.6. The molecule has 0 atom stereocenters. The van der Waals surface area contributed by atoms with Crippen LogP contribution in [0.3, 0.4) is 0 Å². The molecule has 0 heterocycles. The van der Waals surface area contributed by atoms with Gasteiger partial charge in [0.25, 0.3) is 11.6 Å². The van der Waals surface area contributed by atoms with Gasteiger partial charge in [-0.25, -0.2) is 0 Å². The Labute approximate surface area is 115 Å². The second-order valence-electron chi connectivity index (χ2n) is 3.87. The molecule has 0 unspecified atom stereocenters. The van der Waals surface area contributed by atoms with Crippen LogP contribution in [0.5, 0.6) is 5.75 Å². The lowest BCUT2D eigenvalue weighted by Gasteiger charge is -2.15. The molecule has 8 heteroatoms. The van der Waals surface area contributed by atoms with Gasteiger partial charge in [-0.2, -0.15) is 0 Å². The van der Waals surface area contributed by atoms with Crippen LogP contribution in [-0.2, 0) is 14.3 Å². The van der Waals surface area contributed by atoms with Crippen molar-refractivity contribution in [2.75, 3.05) is 27.3 Å². The normalized spacial score (nSPS) is 9.70. The minimum absolute atomic E-state index is 0.127. The highest BCUT2D eigenvalue weighted by atomic mass is 16.6. The maximum absolute atomic E-state index is 11.6. The number of likely N-dealkylation sites (N-methyl/N-ethyl adjacent to an activating group) is 1. The van der Waals surface area contributed by atoms with Crippen molar-refractivity contribution >= 4 is 17.6 Å². The van der Waals surface area contributed by atoms with Gasteiger partial charge in [-0.1, -0.05) is 6.07 Å². The van der Waals surface area contributed by atoms with E-state index in [9.17, 15) is 19.7 Å². The van der Waals surface area contributed by atoms with Crippen LogP contribution in [0.25, 0.3) is 0 Å². The Bertz CT molecular complexity index is 516. The van der Waals surface area contributed by atoms with E-state index >= 15 is 0 Å². The van der Waals surface area contributed by atoms with Crippen LogP contribution < -0.4 is 4.74 Å². The number of amides is 1. The fourth-order valence-electron chi connectivity index (χ4n) is 1.29. The number of nitrogens with zero attached hydrogens (tertiary/aromatic N) is 2. The van der Waals surface area contributed by atoms with E-state index in [-0.39, 0.29) is 24.6 Å². The predicted molar refractivity (Wildman–Crippen MR) is 68.2 cm³/mol. The summed E-state index contributed by atoms with van der Waals surface area (Å²) in [6, 6.07) is 5.49. The molecule has 1 rings (SSSR count). The Morgan fingerprint density at radius 3 is 2.70 bits per heavy atom. The molecule has 0 aliphatic heterocycles. The van der Waals surface area contributed by atoms with Gasteiger partial charge >= 0.3 is 5.97 Å². The molecule has 0 fully saturated rings. The monoisotopic (exact) mass is 282 g/mol. The number of esters is 1. The molecule has 0 spiro atoms. The summed E-state index contributed by atoms with van der Waals surface area (Å²) < 4.78 is 9.57. The molecule has 0 saturated carbocycles. The highest BCUT2D eigenvalue weighted by Crippen LogP contribution is 2.18. The molecular weight excluding hydrogens is 268 g/mol. The van der Waals surface area contributed by atoms with E-state index in [2.05, 4.69) is 4.74 Å². The number of non-ortho nitro benzene ring substituents is 1. The highest BCUT2D eigenvalue weighted by Gasteiger charge is 2.14. The lowest BCUT2D eigenvalue weighted by molar-refractivity contribution is -0.384. The van der Waals surface area contributed by atoms with Gasteiger partial charge in [0.05, 0.1) is 18.1 Å². The van der Waals surface area contributed by atoms with Crippen molar-refractivity contribution in [1.82, 2.24) is 4.90 Å². The summed E-state index contributed by atoms with van der Waals surface area (Å²) in [5.41, 5.74) is -0.127. The molecule has 1 aromatic carbocycles. The average molecular weight is 282 g/mol. The molecule has 1 aromatic rings. The van der Waals surface area contributed by atoms with Crippen molar-refractivity contribution in [3.63, 3.8) is 0 Å². The molecule has 8 nitrogen and oxygen atoms in total. The molecule has 0 bridgehead atoms. The number of hydrogen-bond acceptors (Lipinski definition) is 6. The van der Waals surface area contributed by atoms with E-state index in [0.29, 0.717) is 0 Å². The van der Waals surface area contributed by atoms with Crippen LogP contribution in [0, 0.1) is 10.1 Å². The zero-order chi connectivity index (χ0) is 15.1. The van der Waals surface area contributed by atoms with Crippen LogP contribution in [0.4, 0.5) is 5.69 Å². The van der Waals surface area contributed by atoms with Crippen LogP contribution in [-0.4, -0.2) is 49.0 Å². The van der Waals surface area contributed by atoms with Gasteiger partial charge < -0.3 is 14.4 Å². The van der Waals surface area contributed by atoms with Crippen LogP contribution >= 0.6 is 0 Å². The molecule has 108 valence electrons. The third-order valence-electron chi connectivity index (χ3n) is 2.41. The van der Waals surface area contributed by atoms with E-state index in [0.717, 1.165) is 4.90 Å². The molecule has 0 aromatic heterocycles. The number of rotatable bonds is 6. The lowest BCUT2D eigenvalue weighted by atomic mass is 10.3. The Hall–Kier alpha value is -2.64. The zero-order valence-electron chi connectivity index (χ0n) is 11.1. The number of methoxy groups -OCH3 is 1. The first-order valence-corrected chi connectivity index (χ1v) is 5.62. The number of carbonyl (C=O) groups excluding carboxylic acids is 2. The first-order chi connectivity index (χ1) is 9.43. The number of carbonyl (C=O) groups is 2. The molecule has 1 amide bonds. The Morgan fingerprint density at radius 2 is 2.10 bits per heavy atom. The van der Waals surface area contributed by atoms with Crippen LogP contribution in [0.1, 0.15) is 0 Å². The standard InChI is InChI=1S/C12H14N2O6/c1-13(7-12(16)19-2)11(15)8-20-10-5-3-4-9(6-10)14(17)18/h3-6H,7-8H2,1-2H3. The second-order valence-corrected chi connectivity index (χ2v) is 3.87. The fraction of sp³-hybridized carbons (Fsp3) is 0.333. The van der Waals surface area contributed by atoms with Crippen molar-refractivity contribution < 1.29 is 24.0 Å². The summed E-state index contributed by atoms with van der Waals surface area (Å²) in [5.74, 6) is -0.780. The van der Waals surface area contributed by atoms with E-state index in [1.165, 1.54) is 38.4 Å². The summed E-state index contributed by atoms with van der Waals surface area (Å²) >= 11 is 0. The first kappa shape index (κ1) is 15.4. The van der Waals surface area contributed by atoms with Gasteiger partial charge in [0.1, 0.15) is 12.3 Å². The van der Waals surface area contributed by atoms with Gasteiger partial charge in [0.15, 0.2) is 6.61 Å².